The number of esters is 2. The fourth-order valence-corrected chi connectivity index (χ4v) is 5.57. The zero-order valence-electron chi connectivity index (χ0n) is 36.5. The van der Waals surface area contributed by atoms with Gasteiger partial charge in [-0.3, -0.25) is 9.59 Å². The van der Waals surface area contributed by atoms with Gasteiger partial charge in [-0.15, -0.1) is 0 Å². The quantitative estimate of drug-likeness (QED) is 0.0267. The molecule has 8 nitrogen and oxygen atoms in total. The summed E-state index contributed by atoms with van der Waals surface area (Å²) in [5, 5.41) is 11.6. The molecule has 0 aliphatic rings. The second-order valence-electron chi connectivity index (χ2n) is 15.2. The first kappa shape index (κ1) is 53.2. The van der Waals surface area contributed by atoms with Crippen LogP contribution in [0.2, 0.25) is 0 Å². The molecule has 0 spiro atoms. The van der Waals surface area contributed by atoms with E-state index in [1.807, 2.05) is 0 Å². The molecule has 2 unspecified atom stereocenters. The Labute approximate surface area is 347 Å². The van der Waals surface area contributed by atoms with E-state index in [2.05, 4.69) is 111 Å². The van der Waals surface area contributed by atoms with E-state index in [1.165, 1.54) is 12.8 Å². The van der Waals surface area contributed by atoms with Gasteiger partial charge in [-0.25, -0.2) is 0 Å². The number of carboxylic acid groups (broad SMARTS) is 1. The number of likely N-dealkylation sites (N-methyl/N-ethyl adjacent to an activating group) is 1. The molecule has 0 aromatic carbocycles. The van der Waals surface area contributed by atoms with Crippen molar-refractivity contribution in [3.8, 4) is 0 Å². The lowest BCUT2D eigenvalue weighted by Gasteiger charge is -2.34. The Balaban J connectivity index is 4.42. The van der Waals surface area contributed by atoms with Crippen LogP contribution in [0.4, 0.5) is 0 Å². The van der Waals surface area contributed by atoms with E-state index < -0.39 is 18.1 Å². The van der Waals surface area contributed by atoms with Crippen molar-refractivity contribution in [3.63, 3.8) is 0 Å². The van der Waals surface area contributed by atoms with Gasteiger partial charge in [-0.05, 0) is 83.5 Å². The van der Waals surface area contributed by atoms with Gasteiger partial charge < -0.3 is 28.6 Å². The number of quaternary nitrogens is 1. The third-order valence-corrected chi connectivity index (χ3v) is 8.95. The Morgan fingerprint density at radius 1 is 0.544 bits per heavy atom. The molecule has 0 rings (SSSR count). The first-order valence-corrected chi connectivity index (χ1v) is 21.8. The number of carbonyl (C=O) groups is 3. The van der Waals surface area contributed by atoms with E-state index >= 15 is 0 Å². The summed E-state index contributed by atoms with van der Waals surface area (Å²) in [7, 11) is 5.37. The smallest absolute Gasteiger partial charge is 0.306 e. The van der Waals surface area contributed by atoms with Gasteiger partial charge in [-0.1, -0.05) is 137 Å². The highest BCUT2D eigenvalue weighted by Gasteiger charge is 2.25. The molecule has 8 heteroatoms. The van der Waals surface area contributed by atoms with E-state index in [9.17, 15) is 19.5 Å². The van der Waals surface area contributed by atoms with E-state index in [0.29, 0.717) is 6.42 Å². The van der Waals surface area contributed by atoms with Crippen molar-refractivity contribution in [3.05, 3.63) is 97.2 Å². The number of unbranched alkanes of at least 4 members (excludes halogenated alkanes) is 7. The van der Waals surface area contributed by atoms with E-state index in [4.69, 9.17) is 14.2 Å². The van der Waals surface area contributed by atoms with E-state index in [0.717, 1.165) is 89.9 Å². The molecule has 0 N–H and O–H groups in total. The minimum Gasteiger partial charge on any atom is -0.544 e. The van der Waals surface area contributed by atoms with Crippen LogP contribution in [-0.2, 0) is 28.6 Å². The number of aliphatic carboxylic acids is 1. The summed E-state index contributed by atoms with van der Waals surface area (Å²) in [5.74, 6) is -1.85. The SMILES string of the molecule is CC/C=C/C/C=C/C/C=C/C/C=C/C/C=C/C/C=C/C/C=C/CCCC(=O)OCC(COCCC(C(=O)[O-])[N+](C)(C)C)OC(=O)CCCCCC/C=C/CCCC. The molecule has 0 radical (unpaired) electrons. The molecule has 0 bridgehead atoms. The molecule has 0 heterocycles. The van der Waals surface area contributed by atoms with Crippen molar-refractivity contribution in [1.82, 2.24) is 0 Å². The number of ether oxygens (including phenoxy) is 3. The predicted molar refractivity (Wildman–Crippen MR) is 235 cm³/mol. The Morgan fingerprint density at radius 3 is 1.51 bits per heavy atom. The lowest BCUT2D eigenvalue weighted by Crippen LogP contribution is -2.55. The molecule has 0 aliphatic heterocycles. The first-order valence-electron chi connectivity index (χ1n) is 21.8. The normalized spacial score (nSPS) is 13.9. The van der Waals surface area contributed by atoms with E-state index in [-0.39, 0.29) is 55.5 Å². The van der Waals surface area contributed by atoms with Crippen molar-refractivity contribution in [2.75, 3.05) is 41.0 Å². The third-order valence-electron chi connectivity index (χ3n) is 8.95. The van der Waals surface area contributed by atoms with Gasteiger partial charge in [0, 0.05) is 19.3 Å². The maximum atomic E-state index is 12.6. The van der Waals surface area contributed by atoms with Crippen molar-refractivity contribution in [2.45, 2.75) is 154 Å². The minimum atomic E-state index is -1.14. The van der Waals surface area contributed by atoms with Crippen LogP contribution in [0.5, 0.6) is 0 Å². The molecule has 0 fully saturated rings. The molecule has 0 saturated carbocycles. The van der Waals surface area contributed by atoms with Crippen LogP contribution >= 0.6 is 0 Å². The van der Waals surface area contributed by atoms with Gasteiger partial charge in [0.2, 0.25) is 0 Å². The second-order valence-corrected chi connectivity index (χ2v) is 15.2. The van der Waals surface area contributed by atoms with Crippen LogP contribution in [0.3, 0.4) is 0 Å². The standard InChI is InChI=1S/C49H79NO7/c1-6-8-10-12-14-16-18-19-20-21-22-23-24-25-26-27-28-29-30-32-33-35-37-39-47(51)56-44-45(43-55-42-41-46(49(53)54)50(3,4)5)57-48(52)40-38-36-34-31-17-15-13-11-9-7-2/h8,10,13-16,19-20,22-23,25-26,28-29,32-33,45-46H,6-7,9,11-12,17-18,21,24,27,30-31,34-44H2,1-5H3/b10-8+,15-13+,16-14+,20-19+,23-22+,26-25+,29-28+,33-32+. The number of hydrogen-bond acceptors (Lipinski definition) is 7. The van der Waals surface area contributed by atoms with Crippen molar-refractivity contribution in [2.24, 2.45) is 0 Å². The average molecular weight is 794 g/mol. The highest BCUT2D eigenvalue weighted by molar-refractivity contribution is 5.70. The summed E-state index contributed by atoms with van der Waals surface area (Å²) in [6, 6.07) is -0.740. The summed E-state index contributed by atoms with van der Waals surface area (Å²) in [6.07, 6.45) is 51.6. The van der Waals surface area contributed by atoms with Crippen LogP contribution in [0.25, 0.3) is 0 Å². The van der Waals surface area contributed by atoms with Crippen molar-refractivity contribution < 1.29 is 38.2 Å². The predicted octanol–water partition coefficient (Wildman–Crippen LogP) is 10.6. The van der Waals surface area contributed by atoms with Gasteiger partial charge in [0.15, 0.2) is 6.10 Å². The first-order chi connectivity index (χ1) is 27.6. The third kappa shape index (κ3) is 37.6. The number of nitrogens with zero attached hydrogens (tertiary/aromatic N) is 1. The van der Waals surface area contributed by atoms with Crippen molar-refractivity contribution >= 4 is 17.9 Å². The summed E-state index contributed by atoms with van der Waals surface area (Å²) >= 11 is 0. The van der Waals surface area contributed by atoms with E-state index in [1.54, 1.807) is 21.1 Å². The Bertz CT molecular complexity index is 1250. The van der Waals surface area contributed by atoms with Crippen LogP contribution in [0.15, 0.2) is 97.2 Å². The topological polar surface area (TPSA) is 102 Å². The maximum Gasteiger partial charge on any atom is 0.306 e. The molecule has 322 valence electrons. The van der Waals surface area contributed by atoms with Crippen molar-refractivity contribution in [1.29, 1.82) is 0 Å². The summed E-state index contributed by atoms with van der Waals surface area (Å²) in [6.45, 7) is 4.40. The largest absolute Gasteiger partial charge is 0.544 e. The molecule has 0 aromatic rings. The summed E-state index contributed by atoms with van der Waals surface area (Å²) in [5.41, 5.74) is 0. The summed E-state index contributed by atoms with van der Waals surface area (Å²) in [4.78, 5) is 36.7. The van der Waals surface area contributed by atoms with Gasteiger partial charge in [0.05, 0.1) is 40.3 Å². The number of hydrogen-bond donors (Lipinski definition) is 0. The highest BCUT2D eigenvalue weighted by atomic mass is 16.6. The monoisotopic (exact) mass is 794 g/mol. The Morgan fingerprint density at radius 2 is 1.00 bits per heavy atom. The van der Waals surface area contributed by atoms with Crippen LogP contribution < -0.4 is 5.11 Å². The van der Waals surface area contributed by atoms with Gasteiger partial charge in [0.1, 0.15) is 12.6 Å². The minimum absolute atomic E-state index is 0.0115. The average Bonchev–Trinajstić information content (AvgIpc) is 3.17. The zero-order chi connectivity index (χ0) is 42.1. The fourth-order valence-electron chi connectivity index (χ4n) is 5.57. The lowest BCUT2D eigenvalue weighted by molar-refractivity contribution is -0.889. The molecular weight excluding hydrogens is 715 g/mol. The van der Waals surface area contributed by atoms with Crippen LogP contribution in [0.1, 0.15) is 142 Å². The molecule has 0 amide bonds. The lowest BCUT2D eigenvalue weighted by atomic mass is 10.1. The summed E-state index contributed by atoms with van der Waals surface area (Å²) < 4.78 is 17.0. The Hall–Kier alpha value is -3.75. The number of carbonyl (C=O) groups excluding carboxylic acids is 3. The highest BCUT2D eigenvalue weighted by Crippen LogP contribution is 2.11. The van der Waals surface area contributed by atoms with Gasteiger partial charge in [0.25, 0.3) is 0 Å². The molecule has 2 atom stereocenters. The number of rotatable bonds is 37. The second kappa shape index (κ2) is 39.1. The molecule has 57 heavy (non-hydrogen) atoms. The maximum absolute atomic E-state index is 12.6. The molecule has 0 saturated heterocycles. The fraction of sp³-hybridized carbons (Fsp3) is 0.612. The van der Waals surface area contributed by atoms with Crippen LogP contribution in [-0.4, -0.2) is 75.5 Å². The number of carboxylic acids is 1. The molecule has 0 aromatic heterocycles. The zero-order valence-corrected chi connectivity index (χ0v) is 36.5. The Kier molecular flexibility index (Phi) is 36.5. The molecule has 0 aliphatic carbocycles. The van der Waals surface area contributed by atoms with Gasteiger partial charge in [-0.2, -0.15) is 0 Å². The van der Waals surface area contributed by atoms with Gasteiger partial charge >= 0.3 is 11.9 Å². The number of allylic oxidation sites excluding steroid dienone is 16. The molecular formula is C49H79NO7. The van der Waals surface area contributed by atoms with Crippen LogP contribution in [0, 0.1) is 0 Å².